The Morgan fingerprint density at radius 2 is 1.85 bits per heavy atom. The second-order valence-corrected chi connectivity index (χ2v) is 8.35. The van der Waals surface area contributed by atoms with Crippen LogP contribution in [0.3, 0.4) is 0 Å². The van der Waals surface area contributed by atoms with E-state index in [9.17, 15) is 23.3 Å². The maximum Gasteiger partial charge on any atom is 0.416 e. The number of aliphatic carboxylic acids is 1. The van der Waals surface area contributed by atoms with Crippen LogP contribution in [-0.4, -0.2) is 63.5 Å². The average Bonchev–Trinajstić information content (AvgIpc) is 2.89. The Labute approximate surface area is 229 Å². The van der Waals surface area contributed by atoms with Gasteiger partial charge < -0.3 is 20.1 Å². The van der Waals surface area contributed by atoms with Gasteiger partial charge in [-0.05, 0) is 24.3 Å². The fourth-order valence-corrected chi connectivity index (χ4v) is 3.38. The zero-order valence-corrected chi connectivity index (χ0v) is 21.5. The molecule has 0 saturated carbocycles. The van der Waals surface area contributed by atoms with Crippen LogP contribution in [-0.2, 0) is 15.7 Å². The van der Waals surface area contributed by atoms with E-state index in [1.165, 1.54) is 36.5 Å². The predicted molar refractivity (Wildman–Crippen MR) is 140 cm³/mol. The number of carboxylic acids is 1. The van der Waals surface area contributed by atoms with Crippen molar-refractivity contribution in [3.8, 4) is 0 Å². The van der Waals surface area contributed by atoms with Gasteiger partial charge >= 0.3 is 6.18 Å². The first kappa shape index (κ1) is 30.0. The first-order chi connectivity index (χ1) is 18.9. The van der Waals surface area contributed by atoms with E-state index in [2.05, 4.69) is 30.8 Å². The minimum Gasteiger partial charge on any atom is -0.481 e. The number of nitrogens with zero attached hydrogens (tertiary/aromatic N) is 6. The number of carbonyl (C=O) groups is 1. The summed E-state index contributed by atoms with van der Waals surface area (Å²) in [6.07, 6.45) is -3.20. The van der Waals surface area contributed by atoms with Crippen molar-refractivity contribution in [3.05, 3.63) is 68.7 Å². The van der Waals surface area contributed by atoms with Crippen LogP contribution in [0.25, 0.3) is 0 Å². The molecule has 2 aromatic carbocycles. The van der Waals surface area contributed by atoms with Crippen LogP contribution < -0.4 is 15.6 Å². The number of nitro benzene ring substituents is 1. The number of hydrogen-bond donors (Lipinski definition) is 3. The van der Waals surface area contributed by atoms with Gasteiger partial charge in [-0.15, -0.1) is 0 Å². The molecule has 3 N–H and O–H groups in total. The Hall–Kier alpha value is -4.57. The minimum absolute atomic E-state index is 0.000631. The lowest BCUT2D eigenvalue weighted by atomic mass is 10.2. The molecule has 0 unspecified atom stereocenters. The lowest BCUT2D eigenvalue weighted by molar-refractivity contribution is -0.384. The van der Waals surface area contributed by atoms with Gasteiger partial charge in [0.1, 0.15) is 5.02 Å². The lowest BCUT2D eigenvalue weighted by Crippen LogP contribution is -2.37. The molecule has 1 aliphatic heterocycles. The highest BCUT2D eigenvalue weighted by Crippen LogP contribution is 2.31. The molecule has 40 heavy (non-hydrogen) atoms. The molecule has 1 fully saturated rings. The summed E-state index contributed by atoms with van der Waals surface area (Å²) in [5.74, 6) is -0.575. The lowest BCUT2D eigenvalue weighted by Gasteiger charge is -2.27. The third-order valence-corrected chi connectivity index (χ3v) is 5.23. The van der Waals surface area contributed by atoms with Gasteiger partial charge in [0, 0.05) is 37.3 Å². The van der Waals surface area contributed by atoms with Crippen LogP contribution in [0, 0.1) is 10.1 Å². The number of benzene rings is 2. The maximum absolute atomic E-state index is 13.1. The molecule has 3 aromatic rings. The molecular formula is C23H22ClF3N8O5. The molecule has 0 radical (unpaired) electrons. The van der Waals surface area contributed by atoms with Gasteiger partial charge in [0.2, 0.25) is 17.8 Å². The largest absolute Gasteiger partial charge is 0.481 e. The zero-order chi connectivity index (χ0) is 29.3. The van der Waals surface area contributed by atoms with E-state index in [0.717, 1.165) is 19.1 Å². The highest BCUT2D eigenvalue weighted by Gasteiger charge is 2.30. The Morgan fingerprint density at radius 3 is 2.50 bits per heavy atom. The third-order valence-electron chi connectivity index (χ3n) is 4.91. The number of hydrazone groups is 1. The van der Waals surface area contributed by atoms with E-state index in [4.69, 9.17) is 26.2 Å². The number of aromatic nitrogens is 3. The van der Waals surface area contributed by atoms with Gasteiger partial charge in [0.25, 0.3) is 11.7 Å². The molecule has 212 valence electrons. The van der Waals surface area contributed by atoms with Gasteiger partial charge in [0.05, 0.1) is 29.9 Å². The Bertz CT molecular complexity index is 1380. The van der Waals surface area contributed by atoms with Gasteiger partial charge in [-0.25, -0.2) is 5.43 Å². The van der Waals surface area contributed by atoms with E-state index in [0.29, 0.717) is 31.9 Å². The summed E-state index contributed by atoms with van der Waals surface area (Å²) in [6.45, 7) is 3.00. The van der Waals surface area contributed by atoms with Crippen molar-refractivity contribution in [1.29, 1.82) is 0 Å². The highest BCUT2D eigenvalue weighted by molar-refractivity contribution is 6.32. The Kier molecular flexibility index (Phi) is 10.1. The fraction of sp³-hybridized carbons (Fsp3) is 0.261. The summed E-state index contributed by atoms with van der Waals surface area (Å²) in [6, 6.07) is 8.78. The SMILES string of the molecule is CC(=O)O.O=[N+]([O-])c1cc(C=NNc2nc(Nc3cccc(C(F)(F)F)c3)nc(N3CCOCC3)n2)ccc1Cl. The van der Waals surface area contributed by atoms with E-state index >= 15 is 0 Å². The number of carboxylic acid groups (broad SMARTS) is 1. The van der Waals surface area contributed by atoms with Crippen LogP contribution in [0.15, 0.2) is 47.6 Å². The smallest absolute Gasteiger partial charge is 0.416 e. The number of halogens is 4. The first-order valence-electron chi connectivity index (χ1n) is 11.4. The molecule has 17 heteroatoms. The molecule has 0 spiro atoms. The first-order valence-corrected chi connectivity index (χ1v) is 11.8. The van der Waals surface area contributed by atoms with Gasteiger partial charge in [-0.3, -0.25) is 14.9 Å². The van der Waals surface area contributed by atoms with Crippen LogP contribution in [0.5, 0.6) is 0 Å². The second kappa shape index (κ2) is 13.5. The molecule has 1 aromatic heterocycles. The number of ether oxygens (including phenoxy) is 1. The number of morpholine rings is 1. The van der Waals surface area contributed by atoms with Crippen molar-refractivity contribution in [2.75, 3.05) is 41.9 Å². The normalized spacial score (nSPS) is 13.4. The van der Waals surface area contributed by atoms with Crippen molar-refractivity contribution in [3.63, 3.8) is 0 Å². The van der Waals surface area contributed by atoms with Crippen molar-refractivity contribution in [2.24, 2.45) is 5.10 Å². The van der Waals surface area contributed by atoms with Crippen LogP contribution in [0.1, 0.15) is 18.1 Å². The quantitative estimate of drug-likeness (QED) is 0.203. The number of alkyl halides is 3. The number of anilines is 4. The summed E-state index contributed by atoms with van der Waals surface area (Å²) in [4.78, 5) is 34.1. The average molecular weight is 583 g/mol. The van der Waals surface area contributed by atoms with Gasteiger partial charge in [-0.2, -0.15) is 33.2 Å². The molecule has 1 aliphatic rings. The summed E-state index contributed by atoms with van der Waals surface area (Å²) in [7, 11) is 0. The topological polar surface area (TPSA) is 168 Å². The van der Waals surface area contributed by atoms with E-state index in [1.54, 1.807) is 0 Å². The van der Waals surface area contributed by atoms with E-state index < -0.39 is 22.6 Å². The number of nitrogens with one attached hydrogen (secondary N) is 2. The fourth-order valence-electron chi connectivity index (χ4n) is 3.19. The van der Waals surface area contributed by atoms with Crippen LogP contribution in [0.4, 0.5) is 42.4 Å². The highest BCUT2D eigenvalue weighted by atomic mass is 35.5. The number of rotatable bonds is 7. The van der Waals surface area contributed by atoms with Gasteiger partial charge in [-0.1, -0.05) is 23.7 Å². The Balaban J connectivity index is 0.00000103. The number of nitro groups is 1. The summed E-state index contributed by atoms with van der Waals surface area (Å²) >= 11 is 5.82. The Morgan fingerprint density at radius 1 is 1.18 bits per heavy atom. The summed E-state index contributed by atoms with van der Waals surface area (Å²) < 4.78 is 44.6. The predicted octanol–water partition coefficient (Wildman–Crippen LogP) is 4.57. The maximum atomic E-state index is 13.1. The molecule has 0 bridgehead atoms. The molecule has 13 nitrogen and oxygen atoms in total. The molecule has 2 heterocycles. The van der Waals surface area contributed by atoms with Gasteiger partial charge in [0.15, 0.2) is 0 Å². The van der Waals surface area contributed by atoms with Crippen molar-refractivity contribution < 1.29 is 32.7 Å². The standard InChI is InChI=1S/C21H18ClF3N8O3.C2H4O2/c22-16-5-4-13(10-17(16)33(34)35)12-26-31-19-28-18(29-20(30-19)32-6-8-36-9-7-32)27-15-3-1-2-14(11-15)21(23,24)25;1-2(3)4/h1-5,10-12H,6-9H2,(H2,27,28,29,30,31);1H3,(H,3,4). The van der Waals surface area contributed by atoms with Crippen molar-refractivity contribution >= 4 is 53.0 Å². The number of hydrogen-bond acceptors (Lipinski definition) is 11. The van der Waals surface area contributed by atoms with Crippen LogP contribution in [0.2, 0.25) is 5.02 Å². The molecule has 0 amide bonds. The third kappa shape index (κ3) is 9.02. The molecule has 4 rings (SSSR count). The second-order valence-electron chi connectivity index (χ2n) is 7.94. The molecule has 0 atom stereocenters. The minimum atomic E-state index is -4.51. The van der Waals surface area contributed by atoms with Crippen molar-refractivity contribution in [2.45, 2.75) is 13.1 Å². The van der Waals surface area contributed by atoms with E-state index in [-0.39, 0.29) is 34.2 Å². The molecular weight excluding hydrogens is 561 g/mol. The monoisotopic (exact) mass is 582 g/mol. The van der Waals surface area contributed by atoms with Crippen LogP contribution >= 0.6 is 11.6 Å². The van der Waals surface area contributed by atoms with Crippen molar-refractivity contribution in [1.82, 2.24) is 15.0 Å². The summed E-state index contributed by atoms with van der Waals surface area (Å²) in [5.41, 5.74) is 2.05. The molecule has 0 aliphatic carbocycles. The summed E-state index contributed by atoms with van der Waals surface area (Å²) in [5, 5.41) is 25.3. The molecule has 1 saturated heterocycles. The van der Waals surface area contributed by atoms with E-state index in [1.807, 2.05) is 4.90 Å². The zero-order valence-electron chi connectivity index (χ0n) is 20.7.